The van der Waals surface area contributed by atoms with Crippen LogP contribution in [-0.4, -0.2) is 39.3 Å². The highest BCUT2D eigenvalue weighted by molar-refractivity contribution is 7.09. The topological polar surface area (TPSA) is 58.1 Å². The van der Waals surface area contributed by atoms with Gasteiger partial charge in [-0.05, 0) is 20.8 Å². The summed E-state index contributed by atoms with van der Waals surface area (Å²) in [5.41, 5.74) is 0. The Morgan fingerprint density at radius 2 is 2.06 bits per heavy atom. The van der Waals surface area contributed by atoms with Crippen molar-refractivity contribution in [1.29, 1.82) is 0 Å². The molecule has 1 heterocycles. The second-order valence-corrected chi connectivity index (χ2v) is 4.50. The molecule has 1 unspecified atom stereocenters. The van der Waals surface area contributed by atoms with E-state index in [-0.39, 0.29) is 11.9 Å². The predicted molar refractivity (Wildman–Crippen MR) is 70.3 cm³/mol. The second-order valence-electron chi connectivity index (χ2n) is 3.75. The van der Waals surface area contributed by atoms with E-state index in [1.54, 1.807) is 4.90 Å². The molecule has 1 atom stereocenters. The number of aryl methyl sites for hydroxylation is 1. The van der Waals surface area contributed by atoms with Gasteiger partial charge in [-0.1, -0.05) is 6.92 Å². The van der Waals surface area contributed by atoms with Crippen LogP contribution in [0.15, 0.2) is 0 Å². The number of nitrogens with one attached hydrogen (secondary N) is 1. The third-order valence-electron chi connectivity index (χ3n) is 2.57. The van der Waals surface area contributed by atoms with E-state index in [2.05, 4.69) is 14.7 Å². The first-order valence-corrected chi connectivity index (χ1v) is 6.77. The summed E-state index contributed by atoms with van der Waals surface area (Å²) in [4.78, 5) is 18.1. The highest BCUT2D eigenvalue weighted by Gasteiger charge is 2.18. The van der Waals surface area contributed by atoms with E-state index in [4.69, 9.17) is 0 Å². The highest BCUT2D eigenvalue weighted by Crippen LogP contribution is 2.13. The molecule has 0 saturated heterocycles. The third kappa shape index (κ3) is 3.66. The lowest BCUT2D eigenvalue weighted by atomic mass is 10.3. The van der Waals surface area contributed by atoms with Crippen LogP contribution in [0.5, 0.6) is 0 Å². The summed E-state index contributed by atoms with van der Waals surface area (Å²) in [6.07, 6.45) is 0.816. The van der Waals surface area contributed by atoms with Crippen molar-refractivity contribution in [3.63, 3.8) is 0 Å². The van der Waals surface area contributed by atoms with Gasteiger partial charge in [0.1, 0.15) is 11.9 Å². The summed E-state index contributed by atoms with van der Waals surface area (Å²) in [7, 11) is 0. The average molecular weight is 256 g/mol. The van der Waals surface area contributed by atoms with E-state index < -0.39 is 0 Å². The number of carbonyl (C=O) groups excluding carboxylic acids is 1. The van der Waals surface area contributed by atoms with Gasteiger partial charge in [0.2, 0.25) is 11.0 Å². The molecule has 5 nitrogen and oxygen atoms in total. The molecular formula is C11H20N4OS. The maximum atomic E-state index is 12.0. The Hall–Kier alpha value is -1.17. The summed E-state index contributed by atoms with van der Waals surface area (Å²) >= 11 is 1.30. The van der Waals surface area contributed by atoms with Crippen molar-refractivity contribution >= 4 is 22.6 Å². The zero-order valence-corrected chi connectivity index (χ0v) is 11.7. The van der Waals surface area contributed by atoms with E-state index in [0.29, 0.717) is 0 Å². The lowest BCUT2D eigenvalue weighted by Gasteiger charge is -2.23. The van der Waals surface area contributed by atoms with E-state index in [1.807, 2.05) is 27.7 Å². The largest absolute Gasteiger partial charge is 0.349 e. The Balaban J connectivity index is 2.58. The van der Waals surface area contributed by atoms with Crippen molar-refractivity contribution in [3.8, 4) is 0 Å². The van der Waals surface area contributed by atoms with E-state index in [0.717, 1.165) is 30.5 Å². The van der Waals surface area contributed by atoms with E-state index >= 15 is 0 Å². The molecule has 0 radical (unpaired) electrons. The van der Waals surface area contributed by atoms with Gasteiger partial charge in [-0.15, -0.1) is 0 Å². The summed E-state index contributed by atoms with van der Waals surface area (Å²) in [6.45, 7) is 9.29. The van der Waals surface area contributed by atoms with Crippen LogP contribution >= 0.6 is 11.5 Å². The summed E-state index contributed by atoms with van der Waals surface area (Å²) in [5, 5.41) is 3.82. The molecule has 0 aliphatic carbocycles. The van der Waals surface area contributed by atoms with Gasteiger partial charge in [0, 0.05) is 31.0 Å². The first-order valence-electron chi connectivity index (χ1n) is 6.00. The van der Waals surface area contributed by atoms with Gasteiger partial charge >= 0.3 is 0 Å². The van der Waals surface area contributed by atoms with Crippen LogP contribution in [0.1, 0.15) is 33.5 Å². The minimum atomic E-state index is -0.257. The summed E-state index contributed by atoms with van der Waals surface area (Å²) < 4.78 is 4.18. The molecule has 1 rings (SSSR count). The molecule has 0 spiro atoms. The Morgan fingerprint density at radius 3 is 2.53 bits per heavy atom. The average Bonchev–Trinajstić information content (AvgIpc) is 2.78. The number of hydrogen-bond acceptors (Lipinski definition) is 5. The number of carbonyl (C=O) groups is 1. The molecular weight excluding hydrogens is 236 g/mol. The minimum absolute atomic E-state index is 0.100. The van der Waals surface area contributed by atoms with Gasteiger partial charge in [-0.25, -0.2) is 4.98 Å². The lowest BCUT2D eigenvalue weighted by molar-refractivity contribution is -0.131. The standard InChI is InChI=1S/C11H20N4OS/c1-5-9-13-11(17-14-9)12-8(4)10(16)15(6-2)7-3/h8H,5-7H2,1-4H3,(H,12,13,14). The van der Waals surface area contributed by atoms with Gasteiger partial charge in [0.15, 0.2) is 0 Å². The monoisotopic (exact) mass is 256 g/mol. The normalized spacial score (nSPS) is 12.2. The Bertz CT molecular complexity index is 362. The van der Waals surface area contributed by atoms with Gasteiger partial charge < -0.3 is 10.2 Å². The van der Waals surface area contributed by atoms with Crippen LogP contribution in [0.2, 0.25) is 0 Å². The van der Waals surface area contributed by atoms with Crippen LogP contribution in [-0.2, 0) is 11.2 Å². The molecule has 0 fully saturated rings. The van der Waals surface area contributed by atoms with Gasteiger partial charge in [-0.2, -0.15) is 4.37 Å². The number of aromatic nitrogens is 2. The van der Waals surface area contributed by atoms with Crippen LogP contribution in [0.4, 0.5) is 5.13 Å². The van der Waals surface area contributed by atoms with Crippen molar-refractivity contribution in [1.82, 2.24) is 14.3 Å². The number of amides is 1. The second kappa shape index (κ2) is 6.54. The zero-order valence-electron chi connectivity index (χ0n) is 10.9. The fourth-order valence-electron chi connectivity index (χ4n) is 1.51. The highest BCUT2D eigenvalue weighted by atomic mass is 32.1. The zero-order chi connectivity index (χ0) is 12.8. The smallest absolute Gasteiger partial charge is 0.244 e. The van der Waals surface area contributed by atoms with Crippen LogP contribution in [0, 0.1) is 0 Å². The van der Waals surface area contributed by atoms with Crippen molar-refractivity contribution in [2.75, 3.05) is 18.4 Å². The number of nitrogens with zero attached hydrogens (tertiary/aromatic N) is 3. The minimum Gasteiger partial charge on any atom is -0.349 e. The Kier molecular flexibility index (Phi) is 5.34. The maximum absolute atomic E-state index is 12.0. The van der Waals surface area contributed by atoms with Crippen molar-refractivity contribution in [2.45, 2.75) is 40.2 Å². The van der Waals surface area contributed by atoms with E-state index in [1.165, 1.54) is 11.5 Å². The molecule has 0 aliphatic rings. The Labute approximate surface area is 106 Å². The molecule has 0 aliphatic heterocycles. The molecule has 96 valence electrons. The first kappa shape index (κ1) is 13.9. The molecule has 6 heteroatoms. The van der Waals surface area contributed by atoms with Crippen molar-refractivity contribution < 1.29 is 4.79 Å². The maximum Gasteiger partial charge on any atom is 0.244 e. The molecule has 0 bridgehead atoms. The molecule has 0 saturated carbocycles. The fourth-order valence-corrected chi connectivity index (χ4v) is 2.25. The number of rotatable bonds is 6. The molecule has 1 aromatic rings. The SMILES string of the molecule is CCc1nsc(NC(C)C(=O)N(CC)CC)n1. The quantitative estimate of drug-likeness (QED) is 0.842. The molecule has 1 aromatic heterocycles. The summed E-state index contributed by atoms with van der Waals surface area (Å²) in [6, 6.07) is -0.257. The molecule has 17 heavy (non-hydrogen) atoms. The van der Waals surface area contributed by atoms with Gasteiger partial charge in [0.05, 0.1) is 0 Å². The number of hydrogen-bond donors (Lipinski definition) is 1. The number of anilines is 1. The third-order valence-corrected chi connectivity index (χ3v) is 3.25. The van der Waals surface area contributed by atoms with Crippen molar-refractivity contribution in [2.24, 2.45) is 0 Å². The lowest BCUT2D eigenvalue weighted by Crippen LogP contribution is -2.41. The van der Waals surface area contributed by atoms with Gasteiger partial charge in [0.25, 0.3) is 0 Å². The van der Waals surface area contributed by atoms with Gasteiger partial charge in [-0.3, -0.25) is 4.79 Å². The predicted octanol–water partition coefficient (Wildman–Crippen LogP) is 1.77. The molecule has 1 amide bonds. The van der Waals surface area contributed by atoms with Crippen LogP contribution < -0.4 is 5.32 Å². The van der Waals surface area contributed by atoms with E-state index in [9.17, 15) is 4.79 Å². The van der Waals surface area contributed by atoms with Crippen LogP contribution in [0.25, 0.3) is 0 Å². The number of likely N-dealkylation sites (N-methyl/N-ethyl adjacent to an activating group) is 1. The van der Waals surface area contributed by atoms with Crippen LogP contribution in [0.3, 0.4) is 0 Å². The Morgan fingerprint density at radius 1 is 1.41 bits per heavy atom. The summed E-state index contributed by atoms with van der Waals surface area (Å²) in [5.74, 6) is 0.920. The first-order chi connectivity index (χ1) is 8.12. The molecule has 0 aromatic carbocycles. The molecule has 1 N–H and O–H groups in total. The van der Waals surface area contributed by atoms with Crippen molar-refractivity contribution in [3.05, 3.63) is 5.82 Å². The fraction of sp³-hybridized carbons (Fsp3) is 0.727.